The van der Waals surface area contributed by atoms with Crippen LogP contribution in [0.4, 0.5) is 0 Å². The summed E-state index contributed by atoms with van der Waals surface area (Å²) in [6.07, 6.45) is 2.54. The summed E-state index contributed by atoms with van der Waals surface area (Å²) in [4.78, 5) is 20.1. The van der Waals surface area contributed by atoms with Gasteiger partial charge in [0.25, 0.3) is 11.3 Å². The van der Waals surface area contributed by atoms with Gasteiger partial charge in [-0.05, 0) is 19.9 Å². The number of hydrogen-bond acceptors (Lipinski definition) is 5. The van der Waals surface area contributed by atoms with Gasteiger partial charge in [-0.25, -0.2) is 9.97 Å². The third-order valence-corrected chi connectivity index (χ3v) is 3.39. The van der Waals surface area contributed by atoms with E-state index >= 15 is 0 Å². The third-order valence-electron chi connectivity index (χ3n) is 3.39. The first-order valence-electron chi connectivity index (χ1n) is 6.04. The van der Waals surface area contributed by atoms with Crippen molar-refractivity contribution in [3.05, 3.63) is 28.4 Å². The number of aromatic amines is 1. The smallest absolute Gasteiger partial charge is 0.274 e. The van der Waals surface area contributed by atoms with Crippen molar-refractivity contribution in [1.82, 2.24) is 30.2 Å². The number of aromatic nitrogens is 4. The molecule has 0 aliphatic carbocycles. The average molecular weight is 248 g/mol. The molecule has 18 heavy (non-hydrogen) atoms. The fourth-order valence-electron chi connectivity index (χ4n) is 2.23. The average Bonchev–Trinajstić information content (AvgIpc) is 2.96. The molecule has 7 nitrogen and oxygen atoms in total. The minimum atomic E-state index is -0.135. The molecule has 3 N–H and O–H groups in total. The summed E-state index contributed by atoms with van der Waals surface area (Å²) in [6, 6.07) is 1.53. The number of H-pyrrole nitrogens is 1. The first-order chi connectivity index (χ1) is 8.66. The molecule has 1 aliphatic heterocycles. The number of fused-ring (bicyclic) bond motifs is 1. The molecule has 0 radical (unpaired) electrons. The minimum Gasteiger partial charge on any atom is -0.315 e. The van der Waals surface area contributed by atoms with Crippen LogP contribution in [0.15, 0.2) is 17.2 Å². The van der Waals surface area contributed by atoms with Crippen molar-refractivity contribution in [2.75, 3.05) is 13.1 Å². The zero-order valence-corrected chi connectivity index (χ0v) is 10.2. The van der Waals surface area contributed by atoms with Gasteiger partial charge in [0.1, 0.15) is 6.33 Å². The van der Waals surface area contributed by atoms with E-state index < -0.39 is 0 Å². The molecule has 2 aromatic rings. The molecule has 1 fully saturated rings. The van der Waals surface area contributed by atoms with Crippen molar-refractivity contribution in [1.29, 1.82) is 0 Å². The topological polar surface area (TPSA) is 87.1 Å². The summed E-state index contributed by atoms with van der Waals surface area (Å²) >= 11 is 0. The number of nitrogens with zero attached hydrogens (tertiary/aromatic N) is 3. The van der Waals surface area contributed by atoms with Crippen LogP contribution in [0.25, 0.3) is 5.78 Å². The maximum Gasteiger partial charge on any atom is 0.274 e. The second-order valence-corrected chi connectivity index (χ2v) is 4.95. The fourth-order valence-corrected chi connectivity index (χ4v) is 2.23. The number of rotatable bonds is 3. The molecule has 0 aromatic carbocycles. The molecule has 96 valence electrons. The second-order valence-electron chi connectivity index (χ2n) is 4.95. The Kier molecular flexibility index (Phi) is 2.64. The Balaban J connectivity index is 1.80. The van der Waals surface area contributed by atoms with E-state index in [0.717, 1.165) is 25.2 Å². The Morgan fingerprint density at radius 2 is 2.50 bits per heavy atom. The van der Waals surface area contributed by atoms with Crippen LogP contribution >= 0.6 is 0 Å². The SMILES string of the molecule is CC1(NCc2cc(=O)n3[nH]cnc3n2)CCNC1. The Bertz CT molecular complexity index is 609. The quantitative estimate of drug-likeness (QED) is 0.666. The fraction of sp³-hybridized carbons (Fsp3) is 0.545. The van der Waals surface area contributed by atoms with Crippen LogP contribution < -0.4 is 16.2 Å². The first kappa shape index (κ1) is 11.4. The molecule has 1 saturated heterocycles. The molecule has 1 atom stereocenters. The first-order valence-corrected chi connectivity index (χ1v) is 6.04. The van der Waals surface area contributed by atoms with E-state index in [4.69, 9.17) is 0 Å². The predicted octanol–water partition coefficient (Wildman–Crippen LogP) is -0.741. The minimum absolute atomic E-state index is 0.0817. The van der Waals surface area contributed by atoms with Crippen molar-refractivity contribution < 1.29 is 0 Å². The molecule has 1 aliphatic rings. The van der Waals surface area contributed by atoms with E-state index in [-0.39, 0.29) is 11.1 Å². The van der Waals surface area contributed by atoms with E-state index in [9.17, 15) is 4.79 Å². The highest BCUT2D eigenvalue weighted by Crippen LogP contribution is 2.13. The lowest BCUT2D eigenvalue weighted by Gasteiger charge is -2.24. The van der Waals surface area contributed by atoms with Crippen LogP contribution in [0.5, 0.6) is 0 Å². The molecular weight excluding hydrogens is 232 g/mol. The molecule has 0 spiro atoms. The molecule has 3 heterocycles. The lowest BCUT2D eigenvalue weighted by atomic mass is 10.0. The van der Waals surface area contributed by atoms with Gasteiger partial charge in [-0.1, -0.05) is 0 Å². The normalized spacial score (nSPS) is 23.8. The maximum atomic E-state index is 11.7. The van der Waals surface area contributed by atoms with E-state index in [1.165, 1.54) is 16.9 Å². The van der Waals surface area contributed by atoms with Crippen molar-refractivity contribution in [3.63, 3.8) is 0 Å². The molecule has 0 saturated carbocycles. The van der Waals surface area contributed by atoms with Crippen molar-refractivity contribution >= 4 is 5.78 Å². The monoisotopic (exact) mass is 248 g/mol. The van der Waals surface area contributed by atoms with Crippen LogP contribution in [-0.4, -0.2) is 38.2 Å². The molecule has 1 unspecified atom stereocenters. The zero-order chi connectivity index (χ0) is 12.6. The Morgan fingerprint density at radius 1 is 1.61 bits per heavy atom. The summed E-state index contributed by atoms with van der Waals surface area (Å²) in [5.74, 6) is 0.411. The lowest BCUT2D eigenvalue weighted by molar-refractivity contribution is 0.383. The highest BCUT2D eigenvalue weighted by molar-refractivity contribution is 5.26. The molecular formula is C11H16N6O. The molecule has 7 heteroatoms. The zero-order valence-electron chi connectivity index (χ0n) is 10.2. The van der Waals surface area contributed by atoms with Gasteiger partial charge >= 0.3 is 0 Å². The van der Waals surface area contributed by atoms with E-state index in [2.05, 4.69) is 32.6 Å². The largest absolute Gasteiger partial charge is 0.315 e. The Morgan fingerprint density at radius 3 is 3.28 bits per heavy atom. The van der Waals surface area contributed by atoms with Gasteiger partial charge in [-0.3, -0.25) is 9.89 Å². The van der Waals surface area contributed by atoms with Gasteiger partial charge in [0.2, 0.25) is 0 Å². The summed E-state index contributed by atoms with van der Waals surface area (Å²) in [5, 5.41) is 9.49. The van der Waals surface area contributed by atoms with Crippen LogP contribution in [0.2, 0.25) is 0 Å². The summed E-state index contributed by atoms with van der Waals surface area (Å²) in [6.45, 7) is 4.72. The van der Waals surface area contributed by atoms with Crippen LogP contribution in [0.1, 0.15) is 19.0 Å². The lowest BCUT2D eigenvalue weighted by Crippen LogP contribution is -2.43. The van der Waals surface area contributed by atoms with Gasteiger partial charge in [-0.2, -0.15) is 4.52 Å². The molecule has 0 amide bonds. The van der Waals surface area contributed by atoms with E-state index in [1.807, 2.05) is 0 Å². The van der Waals surface area contributed by atoms with Crippen LogP contribution in [0, 0.1) is 0 Å². The van der Waals surface area contributed by atoms with Gasteiger partial charge in [0.05, 0.1) is 5.69 Å². The Labute approximate surface area is 104 Å². The van der Waals surface area contributed by atoms with Gasteiger partial charge in [-0.15, -0.1) is 0 Å². The van der Waals surface area contributed by atoms with Crippen LogP contribution in [-0.2, 0) is 6.54 Å². The standard InChI is InChI=1S/C11H16N6O/c1-11(2-3-12-6-11)14-5-8-4-9(18)17-10(16-8)13-7-15-17/h4,7,12,14H,2-3,5-6H2,1H3,(H,13,15,16). The third kappa shape index (κ3) is 2.02. The van der Waals surface area contributed by atoms with Crippen molar-refractivity contribution in [3.8, 4) is 0 Å². The second kappa shape index (κ2) is 4.18. The highest BCUT2D eigenvalue weighted by atomic mass is 16.1. The summed E-state index contributed by atoms with van der Waals surface area (Å²) in [7, 11) is 0. The van der Waals surface area contributed by atoms with Crippen molar-refractivity contribution in [2.24, 2.45) is 0 Å². The van der Waals surface area contributed by atoms with Crippen molar-refractivity contribution in [2.45, 2.75) is 25.4 Å². The van der Waals surface area contributed by atoms with Gasteiger partial charge < -0.3 is 10.6 Å². The van der Waals surface area contributed by atoms with E-state index in [1.54, 1.807) is 0 Å². The summed E-state index contributed by atoms with van der Waals surface area (Å²) < 4.78 is 1.32. The summed E-state index contributed by atoms with van der Waals surface area (Å²) in [5.41, 5.74) is 0.669. The maximum absolute atomic E-state index is 11.7. The van der Waals surface area contributed by atoms with Crippen LogP contribution in [0.3, 0.4) is 0 Å². The van der Waals surface area contributed by atoms with Gasteiger partial charge in [0, 0.05) is 24.7 Å². The Hall–Kier alpha value is -1.73. The molecule has 2 aromatic heterocycles. The highest BCUT2D eigenvalue weighted by Gasteiger charge is 2.27. The van der Waals surface area contributed by atoms with Gasteiger partial charge in [0.15, 0.2) is 0 Å². The predicted molar refractivity (Wildman–Crippen MR) is 66.3 cm³/mol. The molecule has 3 rings (SSSR count). The van der Waals surface area contributed by atoms with E-state index in [0.29, 0.717) is 12.3 Å². The molecule has 0 bridgehead atoms. The number of hydrogen-bond donors (Lipinski definition) is 3. The number of nitrogens with one attached hydrogen (secondary N) is 3.